The molecule has 0 bridgehead atoms. The number of halogens is 3. The average molecular weight is 327 g/mol. The van der Waals surface area contributed by atoms with Gasteiger partial charge in [-0.3, -0.25) is 4.68 Å². The molecule has 7 heteroatoms. The highest BCUT2D eigenvalue weighted by Crippen LogP contribution is 2.30. The monoisotopic (exact) mass is 327 g/mol. The van der Waals surface area contributed by atoms with E-state index in [1.807, 2.05) is 25.6 Å². The van der Waals surface area contributed by atoms with Gasteiger partial charge in [-0.25, -0.2) is 0 Å². The second-order valence-corrected chi connectivity index (χ2v) is 5.32. The first-order valence-corrected chi connectivity index (χ1v) is 7.29. The fourth-order valence-electron chi connectivity index (χ4n) is 2.27. The zero-order valence-corrected chi connectivity index (χ0v) is 13.4. The molecule has 0 aliphatic rings. The molecule has 2 aromatic rings. The Kier molecular flexibility index (Phi) is 5.30. The summed E-state index contributed by atoms with van der Waals surface area (Å²) in [6, 6.07) is 4.70. The van der Waals surface area contributed by atoms with Crippen molar-refractivity contribution in [1.82, 2.24) is 15.1 Å². The Labute approximate surface area is 133 Å². The fourth-order valence-corrected chi connectivity index (χ4v) is 2.27. The lowest BCUT2D eigenvalue weighted by Gasteiger charge is -2.10. The fraction of sp³-hybridized carbons (Fsp3) is 0.438. The van der Waals surface area contributed by atoms with E-state index in [2.05, 4.69) is 10.4 Å². The first-order valence-electron chi connectivity index (χ1n) is 7.29. The van der Waals surface area contributed by atoms with Crippen LogP contribution in [0.2, 0.25) is 0 Å². The highest BCUT2D eigenvalue weighted by molar-refractivity contribution is 5.28. The number of aromatic nitrogens is 2. The van der Waals surface area contributed by atoms with Crippen LogP contribution < -0.4 is 10.1 Å². The van der Waals surface area contributed by atoms with Gasteiger partial charge in [-0.1, -0.05) is 0 Å². The van der Waals surface area contributed by atoms with E-state index in [1.54, 1.807) is 0 Å². The summed E-state index contributed by atoms with van der Waals surface area (Å²) in [6.45, 7) is 5.62. The Bertz CT molecular complexity index is 648. The molecule has 0 saturated carbocycles. The van der Waals surface area contributed by atoms with Gasteiger partial charge in [-0.15, -0.1) is 0 Å². The number of rotatable bonds is 6. The molecule has 4 nitrogen and oxygen atoms in total. The maximum Gasteiger partial charge on any atom is 0.416 e. The largest absolute Gasteiger partial charge is 0.492 e. The van der Waals surface area contributed by atoms with Crippen molar-refractivity contribution in [3.05, 3.63) is 46.8 Å². The summed E-state index contributed by atoms with van der Waals surface area (Å²) in [4.78, 5) is 0. The highest BCUT2D eigenvalue weighted by Gasteiger charge is 2.29. The summed E-state index contributed by atoms with van der Waals surface area (Å²) in [5.41, 5.74) is 2.58. The first kappa shape index (κ1) is 17.3. The summed E-state index contributed by atoms with van der Waals surface area (Å²) in [5, 5.41) is 7.58. The zero-order chi connectivity index (χ0) is 17.0. The number of hydrogen-bond acceptors (Lipinski definition) is 3. The van der Waals surface area contributed by atoms with Crippen molar-refractivity contribution in [3.63, 3.8) is 0 Å². The van der Waals surface area contributed by atoms with Crippen LogP contribution in [0.3, 0.4) is 0 Å². The van der Waals surface area contributed by atoms with Crippen molar-refractivity contribution in [2.45, 2.75) is 26.6 Å². The number of nitrogens with one attached hydrogen (secondary N) is 1. The molecule has 0 unspecified atom stereocenters. The Morgan fingerprint density at radius 1 is 1.17 bits per heavy atom. The predicted octanol–water partition coefficient (Wildman–Crippen LogP) is 3.22. The van der Waals surface area contributed by atoms with Crippen LogP contribution in [-0.2, 0) is 19.8 Å². The Balaban J connectivity index is 1.75. The second-order valence-electron chi connectivity index (χ2n) is 5.32. The number of ether oxygens (including phenoxy) is 1. The van der Waals surface area contributed by atoms with Gasteiger partial charge in [0.1, 0.15) is 12.4 Å². The van der Waals surface area contributed by atoms with Crippen LogP contribution in [-0.4, -0.2) is 22.9 Å². The summed E-state index contributed by atoms with van der Waals surface area (Å²) < 4.78 is 44.6. The van der Waals surface area contributed by atoms with Gasteiger partial charge < -0.3 is 10.1 Å². The van der Waals surface area contributed by atoms with Gasteiger partial charge in [0.25, 0.3) is 0 Å². The maximum atomic E-state index is 12.4. The van der Waals surface area contributed by atoms with Gasteiger partial charge in [-0.05, 0) is 38.1 Å². The van der Waals surface area contributed by atoms with E-state index < -0.39 is 11.7 Å². The molecule has 1 aromatic carbocycles. The molecule has 0 radical (unpaired) electrons. The Morgan fingerprint density at radius 2 is 1.83 bits per heavy atom. The smallest absolute Gasteiger partial charge is 0.416 e. The lowest BCUT2D eigenvalue weighted by Crippen LogP contribution is -2.21. The SMILES string of the molecule is Cc1nn(C)c(C)c1CNCCOc1ccc(C(F)(F)F)cc1. The van der Waals surface area contributed by atoms with Crippen molar-refractivity contribution in [3.8, 4) is 5.75 Å². The number of alkyl halides is 3. The average Bonchev–Trinajstić information content (AvgIpc) is 2.72. The molecule has 1 heterocycles. The van der Waals surface area contributed by atoms with E-state index in [0.717, 1.165) is 29.1 Å². The lowest BCUT2D eigenvalue weighted by molar-refractivity contribution is -0.137. The number of nitrogens with zero attached hydrogens (tertiary/aromatic N) is 2. The molecular formula is C16H20F3N3O. The third-order valence-corrected chi connectivity index (χ3v) is 3.69. The maximum absolute atomic E-state index is 12.4. The van der Waals surface area contributed by atoms with Crippen molar-refractivity contribution in [2.75, 3.05) is 13.2 Å². The van der Waals surface area contributed by atoms with Crippen LogP contribution in [0, 0.1) is 13.8 Å². The molecule has 0 aliphatic carbocycles. The standard InChI is InChI=1S/C16H20F3N3O/c1-11-15(12(2)22(3)21-11)10-20-8-9-23-14-6-4-13(5-7-14)16(17,18)19/h4-7,20H,8-10H2,1-3H3. The molecule has 0 amide bonds. The molecule has 2 rings (SSSR count). The van der Waals surface area contributed by atoms with Crippen LogP contribution >= 0.6 is 0 Å². The van der Waals surface area contributed by atoms with Crippen LogP contribution in [0.1, 0.15) is 22.5 Å². The van der Waals surface area contributed by atoms with E-state index >= 15 is 0 Å². The van der Waals surface area contributed by atoms with Crippen molar-refractivity contribution in [2.24, 2.45) is 7.05 Å². The molecule has 126 valence electrons. The molecule has 0 fully saturated rings. The first-order chi connectivity index (χ1) is 10.8. The normalized spacial score (nSPS) is 11.7. The van der Waals surface area contributed by atoms with Gasteiger partial charge in [0.05, 0.1) is 11.3 Å². The number of aryl methyl sites for hydroxylation is 2. The van der Waals surface area contributed by atoms with Crippen molar-refractivity contribution < 1.29 is 17.9 Å². The highest BCUT2D eigenvalue weighted by atomic mass is 19.4. The summed E-state index contributed by atoms with van der Waals surface area (Å²) in [6.07, 6.45) is -4.32. The van der Waals surface area contributed by atoms with E-state index in [0.29, 0.717) is 25.4 Å². The molecule has 23 heavy (non-hydrogen) atoms. The van der Waals surface area contributed by atoms with Crippen LogP contribution in [0.15, 0.2) is 24.3 Å². The quantitative estimate of drug-likeness (QED) is 0.828. The van der Waals surface area contributed by atoms with Gasteiger partial charge in [0.15, 0.2) is 0 Å². The molecule has 0 saturated heterocycles. The lowest BCUT2D eigenvalue weighted by atomic mass is 10.2. The predicted molar refractivity (Wildman–Crippen MR) is 81.3 cm³/mol. The third-order valence-electron chi connectivity index (χ3n) is 3.69. The third kappa shape index (κ3) is 4.48. The Morgan fingerprint density at radius 3 is 2.35 bits per heavy atom. The Hall–Kier alpha value is -2.02. The minimum absolute atomic E-state index is 0.379. The number of benzene rings is 1. The summed E-state index contributed by atoms with van der Waals surface area (Å²) in [7, 11) is 1.90. The second kappa shape index (κ2) is 7.04. The molecular weight excluding hydrogens is 307 g/mol. The van der Waals surface area contributed by atoms with Gasteiger partial charge in [0, 0.05) is 31.4 Å². The van der Waals surface area contributed by atoms with E-state index in [9.17, 15) is 13.2 Å². The molecule has 0 atom stereocenters. The summed E-state index contributed by atoms with van der Waals surface area (Å²) in [5.74, 6) is 0.425. The van der Waals surface area contributed by atoms with Gasteiger partial charge in [0.2, 0.25) is 0 Å². The minimum atomic E-state index is -4.32. The van der Waals surface area contributed by atoms with Crippen molar-refractivity contribution in [1.29, 1.82) is 0 Å². The van der Waals surface area contributed by atoms with Crippen LogP contribution in [0.4, 0.5) is 13.2 Å². The van der Waals surface area contributed by atoms with Crippen LogP contribution in [0.25, 0.3) is 0 Å². The molecule has 1 N–H and O–H groups in total. The van der Waals surface area contributed by atoms with Gasteiger partial charge >= 0.3 is 6.18 Å². The van der Waals surface area contributed by atoms with Crippen LogP contribution in [0.5, 0.6) is 5.75 Å². The molecule has 0 aliphatic heterocycles. The molecule has 1 aromatic heterocycles. The van der Waals surface area contributed by atoms with E-state index in [-0.39, 0.29) is 0 Å². The minimum Gasteiger partial charge on any atom is -0.492 e. The molecule has 0 spiro atoms. The van der Waals surface area contributed by atoms with Gasteiger partial charge in [-0.2, -0.15) is 18.3 Å². The van der Waals surface area contributed by atoms with E-state index in [4.69, 9.17) is 4.74 Å². The van der Waals surface area contributed by atoms with E-state index in [1.165, 1.54) is 12.1 Å². The number of hydrogen-bond donors (Lipinski definition) is 1. The topological polar surface area (TPSA) is 39.1 Å². The zero-order valence-electron chi connectivity index (χ0n) is 13.4. The van der Waals surface area contributed by atoms with Crippen molar-refractivity contribution >= 4 is 0 Å². The summed E-state index contributed by atoms with van der Waals surface area (Å²) >= 11 is 0.